The molecule has 0 fully saturated rings. The summed E-state index contributed by atoms with van der Waals surface area (Å²) in [6, 6.07) is 0. The zero-order chi connectivity index (χ0) is 53.6. The molecule has 0 aliphatic carbocycles. The third-order valence-electron chi connectivity index (χ3n) is 12.1. The second-order valence-corrected chi connectivity index (χ2v) is 19.1. The Morgan fingerprint density at radius 3 is 0.838 bits per heavy atom. The molecule has 74 heavy (non-hydrogen) atoms. The molecule has 0 aromatic heterocycles. The lowest BCUT2D eigenvalue weighted by Crippen LogP contribution is -2.30. The van der Waals surface area contributed by atoms with E-state index in [-0.39, 0.29) is 31.1 Å². The predicted molar refractivity (Wildman–Crippen MR) is 320 cm³/mol. The van der Waals surface area contributed by atoms with Crippen molar-refractivity contribution < 1.29 is 28.6 Å². The Morgan fingerprint density at radius 2 is 0.527 bits per heavy atom. The number of ether oxygens (including phenoxy) is 3. The molecular weight excluding hydrogens is 913 g/mol. The number of rotatable bonds is 52. The summed E-state index contributed by atoms with van der Waals surface area (Å²) in [7, 11) is 0. The molecule has 0 N–H and O–H groups in total. The minimum atomic E-state index is -0.808. The summed E-state index contributed by atoms with van der Waals surface area (Å²) in [5.41, 5.74) is 0. The predicted octanol–water partition coefficient (Wildman–Crippen LogP) is 20.4. The van der Waals surface area contributed by atoms with Crippen molar-refractivity contribution in [3.05, 3.63) is 146 Å². The third-order valence-corrected chi connectivity index (χ3v) is 12.1. The average Bonchev–Trinajstić information content (AvgIpc) is 3.40. The van der Waals surface area contributed by atoms with Crippen molar-refractivity contribution in [2.45, 2.75) is 252 Å². The summed E-state index contributed by atoms with van der Waals surface area (Å²) in [6.07, 6.45) is 87.0. The highest BCUT2D eigenvalue weighted by molar-refractivity contribution is 5.71. The van der Waals surface area contributed by atoms with Crippen LogP contribution in [0.4, 0.5) is 0 Å². The Balaban J connectivity index is 4.43. The average molecular weight is 1020 g/mol. The van der Waals surface area contributed by atoms with E-state index in [2.05, 4.69) is 167 Å². The van der Waals surface area contributed by atoms with Gasteiger partial charge in [0.2, 0.25) is 0 Å². The van der Waals surface area contributed by atoms with Gasteiger partial charge < -0.3 is 14.2 Å². The summed E-state index contributed by atoms with van der Waals surface area (Å²) >= 11 is 0. The van der Waals surface area contributed by atoms with E-state index < -0.39 is 6.10 Å². The molecule has 0 heterocycles. The molecule has 6 nitrogen and oxygen atoms in total. The van der Waals surface area contributed by atoms with E-state index in [0.717, 1.165) is 161 Å². The van der Waals surface area contributed by atoms with E-state index >= 15 is 0 Å². The van der Waals surface area contributed by atoms with Gasteiger partial charge in [-0.05, 0) is 122 Å². The number of carbonyl (C=O) groups excluding carboxylic acids is 3. The fourth-order valence-corrected chi connectivity index (χ4v) is 7.68. The lowest BCUT2D eigenvalue weighted by atomic mass is 10.1. The summed E-state index contributed by atoms with van der Waals surface area (Å²) in [6.45, 7) is 6.35. The van der Waals surface area contributed by atoms with Crippen LogP contribution in [0.3, 0.4) is 0 Å². The maximum Gasteiger partial charge on any atom is 0.306 e. The molecule has 0 aliphatic rings. The van der Waals surface area contributed by atoms with Crippen LogP contribution in [0.25, 0.3) is 0 Å². The van der Waals surface area contributed by atoms with Gasteiger partial charge in [0.25, 0.3) is 0 Å². The molecule has 0 spiro atoms. The van der Waals surface area contributed by atoms with E-state index in [4.69, 9.17) is 14.2 Å². The van der Waals surface area contributed by atoms with Crippen LogP contribution < -0.4 is 0 Å². The standard InChI is InChI=1S/C68H108O6/c1-4-7-10-13-16-19-22-24-26-28-30-32-33-34-35-37-38-40-42-44-46-49-52-55-58-61-67(70)73-64-65(63-72-66(69)60-57-54-51-48-21-18-15-12-9-6-3)74-68(71)62-59-56-53-50-47-45-43-41-39-36-31-29-27-25-23-20-17-14-11-8-5-2/h7-8,10-11,16-17,19-20,24-27,30-32,34-36,38,40-41,43-44,46,65H,4-6,9,12-15,18,21-23,28-29,33,37,39,42,45,47-64H2,1-3H3/b10-7-,11-8-,19-16-,20-17-,26-24-,27-25-,32-30-,35-34-,36-31-,40-38-,43-41-,46-44-. The lowest BCUT2D eigenvalue weighted by molar-refractivity contribution is -0.167. The first-order valence-corrected chi connectivity index (χ1v) is 29.8. The lowest BCUT2D eigenvalue weighted by Gasteiger charge is -2.18. The molecule has 6 heteroatoms. The Kier molecular flexibility index (Phi) is 57.0. The Labute approximate surface area is 455 Å². The van der Waals surface area contributed by atoms with Crippen LogP contribution in [0, 0.1) is 0 Å². The van der Waals surface area contributed by atoms with Crippen molar-refractivity contribution in [3.63, 3.8) is 0 Å². The van der Waals surface area contributed by atoms with Gasteiger partial charge in [-0.15, -0.1) is 0 Å². The van der Waals surface area contributed by atoms with E-state index in [1.165, 1.54) is 44.9 Å². The van der Waals surface area contributed by atoms with Crippen molar-refractivity contribution >= 4 is 17.9 Å². The van der Waals surface area contributed by atoms with E-state index in [1.54, 1.807) is 0 Å². The number of hydrogen-bond donors (Lipinski definition) is 0. The first-order chi connectivity index (χ1) is 36.5. The molecule has 0 radical (unpaired) electrons. The first-order valence-electron chi connectivity index (χ1n) is 29.8. The highest BCUT2D eigenvalue weighted by Crippen LogP contribution is 2.14. The van der Waals surface area contributed by atoms with E-state index in [0.29, 0.717) is 19.3 Å². The van der Waals surface area contributed by atoms with Gasteiger partial charge >= 0.3 is 17.9 Å². The zero-order valence-corrected chi connectivity index (χ0v) is 47.5. The first kappa shape index (κ1) is 69.3. The van der Waals surface area contributed by atoms with Crippen LogP contribution in [0.2, 0.25) is 0 Å². The second-order valence-electron chi connectivity index (χ2n) is 19.1. The maximum atomic E-state index is 12.9. The fraction of sp³-hybridized carbons (Fsp3) is 0.603. The van der Waals surface area contributed by atoms with Crippen LogP contribution in [0.1, 0.15) is 245 Å². The SMILES string of the molecule is CC/C=C\C/C=C\C/C=C\C/C=C\C/C=C\C/C=C\C/C=C\CCCCCC(=O)OCC(COC(=O)CCCCCCCCCCCC)OC(=O)CCCCCCC/C=C\C/C=C\C/C=C\C/C=C\C/C=C\CC. The molecule has 0 saturated heterocycles. The second kappa shape index (κ2) is 60.8. The van der Waals surface area contributed by atoms with Crippen LogP contribution >= 0.6 is 0 Å². The van der Waals surface area contributed by atoms with Gasteiger partial charge in [0.15, 0.2) is 6.10 Å². The van der Waals surface area contributed by atoms with Gasteiger partial charge in [-0.3, -0.25) is 14.4 Å². The molecule has 0 aliphatic heterocycles. The van der Waals surface area contributed by atoms with Crippen LogP contribution in [-0.2, 0) is 28.6 Å². The third kappa shape index (κ3) is 58.2. The smallest absolute Gasteiger partial charge is 0.306 e. The van der Waals surface area contributed by atoms with Gasteiger partial charge in [-0.25, -0.2) is 0 Å². The van der Waals surface area contributed by atoms with E-state index in [1.807, 2.05) is 0 Å². The van der Waals surface area contributed by atoms with Crippen molar-refractivity contribution in [3.8, 4) is 0 Å². The van der Waals surface area contributed by atoms with Crippen LogP contribution in [0.15, 0.2) is 146 Å². The topological polar surface area (TPSA) is 78.9 Å². The van der Waals surface area contributed by atoms with E-state index in [9.17, 15) is 14.4 Å². The molecule has 416 valence electrons. The van der Waals surface area contributed by atoms with Crippen LogP contribution in [-0.4, -0.2) is 37.2 Å². The largest absolute Gasteiger partial charge is 0.462 e. The molecule has 0 saturated carbocycles. The van der Waals surface area contributed by atoms with Gasteiger partial charge in [0.05, 0.1) is 0 Å². The summed E-state index contributed by atoms with van der Waals surface area (Å²) < 4.78 is 16.8. The minimum absolute atomic E-state index is 0.101. The number of carbonyl (C=O) groups is 3. The van der Waals surface area contributed by atoms with Crippen molar-refractivity contribution in [2.75, 3.05) is 13.2 Å². The quantitative estimate of drug-likeness (QED) is 0.0261. The zero-order valence-electron chi connectivity index (χ0n) is 47.5. The highest BCUT2D eigenvalue weighted by Gasteiger charge is 2.19. The molecule has 0 amide bonds. The number of unbranched alkanes of at least 4 members (excludes halogenated alkanes) is 17. The minimum Gasteiger partial charge on any atom is -0.462 e. The summed E-state index contributed by atoms with van der Waals surface area (Å²) in [5, 5.41) is 0. The van der Waals surface area contributed by atoms with Crippen LogP contribution in [0.5, 0.6) is 0 Å². The molecule has 0 aromatic carbocycles. The summed E-state index contributed by atoms with van der Waals surface area (Å²) in [4.78, 5) is 38.1. The summed E-state index contributed by atoms with van der Waals surface area (Å²) in [5.74, 6) is -0.960. The normalized spacial score (nSPS) is 13.2. The van der Waals surface area contributed by atoms with Crippen molar-refractivity contribution in [1.82, 2.24) is 0 Å². The molecular formula is C68H108O6. The Bertz CT molecular complexity index is 1640. The van der Waals surface area contributed by atoms with Crippen molar-refractivity contribution in [2.24, 2.45) is 0 Å². The van der Waals surface area contributed by atoms with Gasteiger partial charge in [-0.1, -0.05) is 250 Å². The molecule has 1 atom stereocenters. The highest BCUT2D eigenvalue weighted by atomic mass is 16.6. The molecule has 1 unspecified atom stereocenters. The maximum absolute atomic E-state index is 12.9. The number of hydrogen-bond acceptors (Lipinski definition) is 6. The monoisotopic (exact) mass is 1020 g/mol. The molecule has 0 bridgehead atoms. The number of allylic oxidation sites excluding steroid dienone is 24. The van der Waals surface area contributed by atoms with Gasteiger partial charge in [0, 0.05) is 19.3 Å². The number of esters is 3. The van der Waals surface area contributed by atoms with Crippen molar-refractivity contribution in [1.29, 1.82) is 0 Å². The van der Waals surface area contributed by atoms with Gasteiger partial charge in [0.1, 0.15) is 13.2 Å². The molecule has 0 rings (SSSR count). The Hall–Kier alpha value is -4.71. The van der Waals surface area contributed by atoms with Gasteiger partial charge in [-0.2, -0.15) is 0 Å². The molecule has 0 aromatic rings. The Morgan fingerprint density at radius 1 is 0.284 bits per heavy atom. The fourth-order valence-electron chi connectivity index (χ4n) is 7.68.